The predicted molar refractivity (Wildman–Crippen MR) is 51.5 cm³/mol. The standard InChI is InChI=1S/C11H10F4O2/c12-7-5-6(3-1-2-4-8(16)17)9(13)11(15)10(7)14/h5H,1-4H2,(H,16,17). The molecular formula is C11H10F4O2. The third-order valence-corrected chi connectivity index (χ3v) is 2.26. The highest BCUT2D eigenvalue weighted by Crippen LogP contribution is 2.20. The number of hydrogen-bond donors (Lipinski definition) is 1. The number of aryl methyl sites for hydroxylation is 1. The molecule has 6 heteroatoms. The summed E-state index contributed by atoms with van der Waals surface area (Å²) in [7, 11) is 0. The number of carbonyl (C=O) groups is 1. The minimum absolute atomic E-state index is 0.0345. The van der Waals surface area contributed by atoms with Gasteiger partial charge in [-0.15, -0.1) is 0 Å². The Morgan fingerprint density at radius 2 is 1.71 bits per heavy atom. The lowest BCUT2D eigenvalue weighted by molar-refractivity contribution is -0.137. The van der Waals surface area contributed by atoms with Crippen LogP contribution >= 0.6 is 0 Å². The molecule has 0 fully saturated rings. The largest absolute Gasteiger partial charge is 0.481 e. The molecule has 0 aliphatic heterocycles. The number of halogens is 4. The number of benzene rings is 1. The highest BCUT2D eigenvalue weighted by atomic mass is 19.2. The molecule has 1 aromatic rings. The van der Waals surface area contributed by atoms with Crippen LogP contribution in [0, 0.1) is 23.3 Å². The van der Waals surface area contributed by atoms with E-state index in [4.69, 9.17) is 5.11 Å². The van der Waals surface area contributed by atoms with Gasteiger partial charge in [-0.05, 0) is 30.9 Å². The van der Waals surface area contributed by atoms with Crippen LogP contribution in [0.4, 0.5) is 17.6 Å². The second-order valence-electron chi connectivity index (χ2n) is 3.56. The lowest BCUT2D eigenvalue weighted by Crippen LogP contribution is -2.02. The molecule has 94 valence electrons. The predicted octanol–water partition coefficient (Wildman–Crippen LogP) is 3.04. The second-order valence-corrected chi connectivity index (χ2v) is 3.56. The molecule has 2 nitrogen and oxygen atoms in total. The third-order valence-electron chi connectivity index (χ3n) is 2.26. The molecule has 1 aromatic carbocycles. The molecule has 0 saturated carbocycles. The summed E-state index contributed by atoms with van der Waals surface area (Å²) in [5.74, 6) is -7.53. The van der Waals surface area contributed by atoms with Crippen molar-refractivity contribution < 1.29 is 27.5 Å². The maximum Gasteiger partial charge on any atom is 0.303 e. The zero-order valence-corrected chi connectivity index (χ0v) is 8.77. The average molecular weight is 250 g/mol. The van der Waals surface area contributed by atoms with Crippen molar-refractivity contribution in [3.8, 4) is 0 Å². The van der Waals surface area contributed by atoms with E-state index in [1.807, 2.05) is 0 Å². The van der Waals surface area contributed by atoms with Crippen LogP contribution in [0.15, 0.2) is 6.07 Å². The fourth-order valence-corrected chi connectivity index (χ4v) is 1.40. The minimum atomic E-state index is -1.84. The number of aliphatic carboxylic acids is 1. The normalized spacial score (nSPS) is 10.6. The Balaban J connectivity index is 2.69. The zero-order chi connectivity index (χ0) is 13.0. The van der Waals surface area contributed by atoms with Crippen molar-refractivity contribution >= 4 is 5.97 Å². The van der Waals surface area contributed by atoms with E-state index < -0.39 is 29.2 Å². The van der Waals surface area contributed by atoms with Crippen molar-refractivity contribution in [2.45, 2.75) is 25.7 Å². The molecular weight excluding hydrogens is 240 g/mol. The van der Waals surface area contributed by atoms with Crippen LogP contribution in [0.1, 0.15) is 24.8 Å². The Morgan fingerprint density at radius 3 is 2.29 bits per heavy atom. The summed E-state index contributed by atoms with van der Waals surface area (Å²) in [5, 5.41) is 8.35. The van der Waals surface area contributed by atoms with E-state index in [0.717, 1.165) is 0 Å². The van der Waals surface area contributed by atoms with Gasteiger partial charge in [-0.3, -0.25) is 4.79 Å². The van der Waals surface area contributed by atoms with Crippen LogP contribution in [0.3, 0.4) is 0 Å². The van der Waals surface area contributed by atoms with Crippen LogP contribution in [0.5, 0.6) is 0 Å². The summed E-state index contributed by atoms with van der Waals surface area (Å²) in [6.07, 6.45) is 0.379. The van der Waals surface area contributed by atoms with Gasteiger partial charge in [0.2, 0.25) is 0 Å². The van der Waals surface area contributed by atoms with E-state index in [1.165, 1.54) is 0 Å². The summed E-state index contributed by atoms with van der Waals surface area (Å²) >= 11 is 0. The van der Waals surface area contributed by atoms with Crippen molar-refractivity contribution in [3.63, 3.8) is 0 Å². The Bertz CT molecular complexity index is 432. The summed E-state index contributed by atoms with van der Waals surface area (Å²) in [4.78, 5) is 10.2. The van der Waals surface area contributed by atoms with Crippen molar-refractivity contribution in [2.24, 2.45) is 0 Å². The number of carboxylic acid groups (broad SMARTS) is 1. The van der Waals surface area contributed by atoms with Crippen molar-refractivity contribution in [1.82, 2.24) is 0 Å². The van der Waals surface area contributed by atoms with Crippen molar-refractivity contribution in [2.75, 3.05) is 0 Å². The molecule has 17 heavy (non-hydrogen) atoms. The monoisotopic (exact) mass is 250 g/mol. The molecule has 0 amide bonds. The number of carboxylic acids is 1. The molecule has 0 aromatic heterocycles. The molecule has 0 unspecified atom stereocenters. The molecule has 0 atom stereocenters. The van der Waals surface area contributed by atoms with E-state index in [9.17, 15) is 22.4 Å². The van der Waals surface area contributed by atoms with Gasteiger partial charge in [-0.2, -0.15) is 0 Å². The summed E-state index contributed by atoms with van der Waals surface area (Å²) < 4.78 is 51.3. The molecule has 0 aliphatic rings. The SMILES string of the molecule is O=C(O)CCCCc1cc(F)c(F)c(F)c1F. The highest BCUT2D eigenvalue weighted by molar-refractivity contribution is 5.66. The zero-order valence-electron chi connectivity index (χ0n) is 8.77. The quantitative estimate of drug-likeness (QED) is 0.377. The van der Waals surface area contributed by atoms with Gasteiger partial charge in [0.15, 0.2) is 23.3 Å². The van der Waals surface area contributed by atoms with Crippen molar-refractivity contribution in [1.29, 1.82) is 0 Å². The van der Waals surface area contributed by atoms with Crippen LogP contribution in [0.25, 0.3) is 0 Å². The van der Waals surface area contributed by atoms with Crippen molar-refractivity contribution in [3.05, 3.63) is 34.9 Å². The molecule has 0 spiro atoms. The summed E-state index contributed by atoms with van der Waals surface area (Å²) in [6, 6.07) is 0.592. The Labute approximate surface area is 94.9 Å². The summed E-state index contributed by atoms with van der Waals surface area (Å²) in [5.41, 5.74) is -0.285. The number of unbranched alkanes of at least 4 members (excludes halogenated alkanes) is 1. The van der Waals surface area contributed by atoms with Gasteiger partial charge in [0, 0.05) is 6.42 Å². The first kappa shape index (κ1) is 13.5. The van der Waals surface area contributed by atoms with E-state index in [1.54, 1.807) is 0 Å². The van der Waals surface area contributed by atoms with Crippen LogP contribution in [-0.4, -0.2) is 11.1 Å². The first-order valence-corrected chi connectivity index (χ1v) is 4.97. The van der Waals surface area contributed by atoms with E-state index in [0.29, 0.717) is 6.07 Å². The Kier molecular flexibility index (Phi) is 4.48. The summed E-state index contributed by atoms with van der Waals surface area (Å²) in [6.45, 7) is 0. The topological polar surface area (TPSA) is 37.3 Å². The van der Waals surface area contributed by atoms with E-state index >= 15 is 0 Å². The van der Waals surface area contributed by atoms with Gasteiger partial charge in [0.25, 0.3) is 0 Å². The van der Waals surface area contributed by atoms with Crippen LogP contribution in [0.2, 0.25) is 0 Å². The fourth-order valence-electron chi connectivity index (χ4n) is 1.40. The molecule has 0 saturated heterocycles. The van der Waals surface area contributed by atoms with Gasteiger partial charge in [0.05, 0.1) is 0 Å². The second kappa shape index (κ2) is 5.65. The molecule has 1 N–H and O–H groups in total. The maximum absolute atomic E-state index is 13.1. The van der Waals surface area contributed by atoms with Gasteiger partial charge in [-0.1, -0.05) is 0 Å². The number of hydrogen-bond acceptors (Lipinski definition) is 1. The molecule has 0 aliphatic carbocycles. The third kappa shape index (κ3) is 3.44. The lowest BCUT2D eigenvalue weighted by atomic mass is 10.1. The van der Waals surface area contributed by atoms with Gasteiger partial charge < -0.3 is 5.11 Å². The molecule has 0 heterocycles. The van der Waals surface area contributed by atoms with Crippen LogP contribution < -0.4 is 0 Å². The minimum Gasteiger partial charge on any atom is -0.481 e. The molecule has 0 radical (unpaired) electrons. The highest BCUT2D eigenvalue weighted by Gasteiger charge is 2.18. The van der Waals surface area contributed by atoms with Gasteiger partial charge in [-0.25, -0.2) is 17.6 Å². The average Bonchev–Trinajstić information content (AvgIpc) is 2.27. The van der Waals surface area contributed by atoms with Gasteiger partial charge >= 0.3 is 5.97 Å². The fraction of sp³-hybridized carbons (Fsp3) is 0.364. The maximum atomic E-state index is 13.1. The van der Waals surface area contributed by atoms with E-state index in [2.05, 4.69) is 0 Å². The first-order chi connectivity index (χ1) is 7.93. The number of rotatable bonds is 5. The first-order valence-electron chi connectivity index (χ1n) is 4.97. The Hall–Kier alpha value is -1.59. The van der Waals surface area contributed by atoms with Crippen LogP contribution in [-0.2, 0) is 11.2 Å². The van der Waals surface area contributed by atoms with E-state index in [-0.39, 0.29) is 31.2 Å². The Morgan fingerprint density at radius 1 is 1.06 bits per heavy atom. The van der Waals surface area contributed by atoms with Gasteiger partial charge in [0.1, 0.15) is 0 Å². The molecule has 1 rings (SSSR count). The lowest BCUT2D eigenvalue weighted by Gasteiger charge is -2.05. The molecule has 0 bridgehead atoms. The smallest absolute Gasteiger partial charge is 0.303 e.